The van der Waals surface area contributed by atoms with Gasteiger partial charge in [0, 0.05) is 33.7 Å². The molecule has 0 bridgehead atoms. The highest BCUT2D eigenvalue weighted by Gasteiger charge is 2.21. The molecule has 3 rings (SSSR count). The Morgan fingerprint density at radius 3 is 3.06 bits per heavy atom. The largest absolute Gasteiger partial charge is 0.465 e. The van der Waals surface area contributed by atoms with Crippen LogP contribution in [0.5, 0.6) is 0 Å². The number of aryl methyl sites for hydroxylation is 1. The lowest BCUT2D eigenvalue weighted by Crippen LogP contribution is -2.28. The average Bonchev–Trinajstić information content (AvgIpc) is 2.54. The van der Waals surface area contributed by atoms with Crippen molar-refractivity contribution in [2.75, 3.05) is 6.54 Å². The summed E-state index contributed by atoms with van der Waals surface area (Å²) in [6.45, 7) is 1.02. The first kappa shape index (κ1) is 11.4. The molecule has 94 valence electrons. The Hall–Kier alpha value is -1.68. The molecular formula is C13H13ClN2O2. The first-order chi connectivity index (χ1) is 8.65. The van der Waals surface area contributed by atoms with Crippen molar-refractivity contribution in [1.82, 2.24) is 9.88 Å². The van der Waals surface area contributed by atoms with Gasteiger partial charge in [0.1, 0.15) is 0 Å². The van der Waals surface area contributed by atoms with E-state index in [4.69, 9.17) is 16.7 Å². The summed E-state index contributed by atoms with van der Waals surface area (Å²) in [6.07, 6.45) is 0.866. The van der Waals surface area contributed by atoms with Crippen LogP contribution in [0.25, 0.3) is 10.9 Å². The van der Waals surface area contributed by atoms with Crippen molar-refractivity contribution in [3.63, 3.8) is 0 Å². The molecule has 0 saturated carbocycles. The SMILES string of the molecule is O=C(O)N1CCCc2[nH]c3ccc(Cl)cc3c2C1. The topological polar surface area (TPSA) is 56.3 Å². The van der Waals surface area contributed by atoms with Gasteiger partial charge in [-0.1, -0.05) is 11.6 Å². The quantitative estimate of drug-likeness (QED) is 0.767. The normalized spacial score (nSPS) is 15.5. The number of hydrogen-bond acceptors (Lipinski definition) is 1. The molecule has 0 fully saturated rings. The lowest BCUT2D eigenvalue weighted by Gasteiger charge is -2.16. The zero-order chi connectivity index (χ0) is 12.7. The van der Waals surface area contributed by atoms with Crippen LogP contribution in [0.15, 0.2) is 18.2 Å². The van der Waals surface area contributed by atoms with Crippen molar-refractivity contribution in [2.24, 2.45) is 0 Å². The molecule has 0 spiro atoms. The van der Waals surface area contributed by atoms with E-state index in [2.05, 4.69) is 4.98 Å². The summed E-state index contributed by atoms with van der Waals surface area (Å²) in [5, 5.41) is 10.9. The van der Waals surface area contributed by atoms with Gasteiger partial charge in [-0.25, -0.2) is 4.79 Å². The summed E-state index contributed by atoms with van der Waals surface area (Å²) in [5.41, 5.74) is 3.22. The maximum atomic E-state index is 11.1. The zero-order valence-electron chi connectivity index (χ0n) is 9.74. The Balaban J connectivity index is 2.13. The first-order valence-electron chi connectivity index (χ1n) is 5.92. The molecule has 1 amide bonds. The summed E-state index contributed by atoms with van der Waals surface area (Å²) in [4.78, 5) is 16.0. The van der Waals surface area contributed by atoms with Crippen LogP contribution in [0, 0.1) is 0 Å². The van der Waals surface area contributed by atoms with Gasteiger partial charge in [-0.05, 0) is 31.0 Å². The number of H-pyrrole nitrogens is 1. The van der Waals surface area contributed by atoms with Gasteiger partial charge >= 0.3 is 6.09 Å². The summed E-state index contributed by atoms with van der Waals surface area (Å²) >= 11 is 6.01. The second-order valence-corrected chi connectivity index (χ2v) is 5.02. The van der Waals surface area contributed by atoms with E-state index in [0.717, 1.165) is 35.0 Å². The Morgan fingerprint density at radius 1 is 1.44 bits per heavy atom. The highest BCUT2D eigenvalue weighted by atomic mass is 35.5. The maximum Gasteiger partial charge on any atom is 0.407 e. The number of carboxylic acid groups (broad SMARTS) is 1. The third-order valence-corrected chi connectivity index (χ3v) is 3.67. The van der Waals surface area contributed by atoms with E-state index in [9.17, 15) is 4.79 Å². The number of rotatable bonds is 0. The molecule has 2 N–H and O–H groups in total. The second kappa shape index (κ2) is 4.21. The molecule has 2 aromatic rings. The van der Waals surface area contributed by atoms with E-state index in [1.54, 1.807) is 0 Å². The molecule has 1 aliphatic rings. The van der Waals surface area contributed by atoms with Crippen LogP contribution >= 0.6 is 11.6 Å². The number of aromatic nitrogens is 1. The fourth-order valence-electron chi connectivity index (χ4n) is 2.55. The zero-order valence-corrected chi connectivity index (χ0v) is 10.5. The molecule has 1 aliphatic heterocycles. The summed E-state index contributed by atoms with van der Waals surface area (Å²) < 4.78 is 0. The minimum Gasteiger partial charge on any atom is -0.465 e. The number of amides is 1. The predicted octanol–water partition coefficient (Wildman–Crippen LogP) is 3.25. The molecule has 0 atom stereocenters. The summed E-state index contributed by atoms with van der Waals surface area (Å²) in [7, 11) is 0. The first-order valence-corrected chi connectivity index (χ1v) is 6.30. The van der Waals surface area contributed by atoms with Crippen molar-refractivity contribution in [2.45, 2.75) is 19.4 Å². The van der Waals surface area contributed by atoms with Gasteiger partial charge in [-0.3, -0.25) is 0 Å². The minimum atomic E-state index is -0.862. The Labute approximate surface area is 109 Å². The van der Waals surface area contributed by atoms with E-state index in [1.165, 1.54) is 4.90 Å². The van der Waals surface area contributed by atoms with Crippen molar-refractivity contribution < 1.29 is 9.90 Å². The van der Waals surface area contributed by atoms with E-state index in [0.29, 0.717) is 18.1 Å². The van der Waals surface area contributed by atoms with Crippen LogP contribution < -0.4 is 0 Å². The fraction of sp³-hybridized carbons (Fsp3) is 0.308. The molecule has 0 radical (unpaired) electrons. The van der Waals surface area contributed by atoms with Gasteiger partial charge in [0.25, 0.3) is 0 Å². The lowest BCUT2D eigenvalue weighted by molar-refractivity contribution is 0.143. The molecular weight excluding hydrogens is 252 g/mol. The van der Waals surface area contributed by atoms with Crippen molar-refractivity contribution in [3.8, 4) is 0 Å². The van der Waals surface area contributed by atoms with E-state index in [1.807, 2.05) is 18.2 Å². The van der Waals surface area contributed by atoms with Gasteiger partial charge in [0.05, 0.1) is 6.54 Å². The monoisotopic (exact) mass is 264 g/mol. The number of nitrogens with one attached hydrogen (secondary N) is 1. The molecule has 5 heteroatoms. The van der Waals surface area contributed by atoms with Gasteiger partial charge in [0.2, 0.25) is 0 Å². The third kappa shape index (κ3) is 1.82. The van der Waals surface area contributed by atoms with Gasteiger partial charge in [-0.2, -0.15) is 0 Å². The molecule has 1 aromatic heterocycles. The van der Waals surface area contributed by atoms with Gasteiger partial charge in [-0.15, -0.1) is 0 Å². The van der Waals surface area contributed by atoms with Crippen molar-refractivity contribution in [3.05, 3.63) is 34.5 Å². The molecule has 4 nitrogen and oxygen atoms in total. The fourth-order valence-corrected chi connectivity index (χ4v) is 2.72. The highest BCUT2D eigenvalue weighted by molar-refractivity contribution is 6.31. The number of aromatic amines is 1. The van der Waals surface area contributed by atoms with Crippen LogP contribution in [0.2, 0.25) is 5.02 Å². The maximum absolute atomic E-state index is 11.1. The van der Waals surface area contributed by atoms with E-state index in [-0.39, 0.29) is 0 Å². The molecule has 2 heterocycles. The Bertz CT molecular complexity index is 621. The van der Waals surface area contributed by atoms with Crippen LogP contribution in [-0.2, 0) is 13.0 Å². The summed E-state index contributed by atoms with van der Waals surface area (Å²) in [6, 6.07) is 5.68. The molecule has 1 aromatic carbocycles. The van der Waals surface area contributed by atoms with Crippen LogP contribution in [0.3, 0.4) is 0 Å². The Morgan fingerprint density at radius 2 is 2.28 bits per heavy atom. The number of carbonyl (C=O) groups is 1. The predicted molar refractivity (Wildman–Crippen MR) is 70.1 cm³/mol. The van der Waals surface area contributed by atoms with Crippen molar-refractivity contribution in [1.29, 1.82) is 0 Å². The number of fused-ring (bicyclic) bond motifs is 3. The average molecular weight is 265 g/mol. The highest BCUT2D eigenvalue weighted by Crippen LogP contribution is 2.29. The van der Waals surface area contributed by atoms with Gasteiger partial charge < -0.3 is 15.0 Å². The summed E-state index contributed by atoms with van der Waals surface area (Å²) in [5.74, 6) is 0. The second-order valence-electron chi connectivity index (χ2n) is 4.58. The van der Waals surface area contributed by atoms with Crippen LogP contribution in [0.1, 0.15) is 17.7 Å². The lowest BCUT2D eigenvalue weighted by atomic mass is 10.1. The Kier molecular flexibility index (Phi) is 2.67. The van der Waals surface area contributed by atoms with E-state index >= 15 is 0 Å². The molecule has 0 saturated heterocycles. The van der Waals surface area contributed by atoms with Crippen molar-refractivity contribution >= 4 is 28.6 Å². The van der Waals surface area contributed by atoms with Gasteiger partial charge in [0.15, 0.2) is 0 Å². The van der Waals surface area contributed by atoms with Crippen LogP contribution in [0.4, 0.5) is 4.79 Å². The number of nitrogens with zero attached hydrogens (tertiary/aromatic N) is 1. The minimum absolute atomic E-state index is 0.436. The molecule has 0 unspecified atom stereocenters. The van der Waals surface area contributed by atoms with Crippen LogP contribution in [-0.4, -0.2) is 27.6 Å². The number of benzene rings is 1. The molecule has 0 aliphatic carbocycles. The molecule has 18 heavy (non-hydrogen) atoms. The number of hydrogen-bond donors (Lipinski definition) is 2. The standard InChI is InChI=1S/C13H13ClN2O2/c14-8-3-4-12-9(6-8)10-7-16(13(17)18)5-1-2-11(10)15-12/h3-4,6,15H,1-2,5,7H2,(H,17,18). The number of halogens is 1. The smallest absolute Gasteiger partial charge is 0.407 e. The van der Waals surface area contributed by atoms with E-state index < -0.39 is 6.09 Å². The third-order valence-electron chi connectivity index (χ3n) is 3.43.